The molecule has 1 atom stereocenters. The number of hydrogen-bond acceptors (Lipinski definition) is 4. The molecular formula is C24H31FN4O2. The predicted octanol–water partition coefficient (Wildman–Crippen LogP) is 2.82. The average Bonchev–Trinajstić information content (AvgIpc) is 2.77. The number of carbonyl (C=O) groups is 2. The zero-order valence-corrected chi connectivity index (χ0v) is 18.3. The van der Waals surface area contributed by atoms with Crippen molar-refractivity contribution in [1.29, 1.82) is 0 Å². The van der Waals surface area contributed by atoms with Gasteiger partial charge in [0.25, 0.3) is 0 Å². The predicted molar refractivity (Wildman–Crippen MR) is 120 cm³/mol. The van der Waals surface area contributed by atoms with Gasteiger partial charge in [0.1, 0.15) is 5.82 Å². The first-order valence-electron chi connectivity index (χ1n) is 10.8. The summed E-state index contributed by atoms with van der Waals surface area (Å²) in [4.78, 5) is 31.4. The summed E-state index contributed by atoms with van der Waals surface area (Å²) >= 11 is 0. The summed E-state index contributed by atoms with van der Waals surface area (Å²) in [6, 6.07) is 15.7. The number of carbonyl (C=O) groups excluding carboxylic acids is 2. The van der Waals surface area contributed by atoms with Gasteiger partial charge in [-0.1, -0.05) is 36.4 Å². The van der Waals surface area contributed by atoms with Gasteiger partial charge < -0.3 is 10.2 Å². The van der Waals surface area contributed by atoms with Crippen LogP contribution < -0.4 is 5.32 Å². The van der Waals surface area contributed by atoms with E-state index in [1.165, 1.54) is 12.1 Å². The topological polar surface area (TPSA) is 55.9 Å². The van der Waals surface area contributed by atoms with Crippen LogP contribution in [-0.4, -0.2) is 71.8 Å². The molecule has 6 nitrogen and oxygen atoms in total. The highest BCUT2D eigenvalue weighted by atomic mass is 19.1. The van der Waals surface area contributed by atoms with Crippen LogP contribution in [0, 0.1) is 5.82 Å². The van der Waals surface area contributed by atoms with Crippen LogP contribution in [0.4, 0.5) is 10.1 Å². The zero-order valence-electron chi connectivity index (χ0n) is 18.3. The Morgan fingerprint density at radius 2 is 1.77 bits per heavy atom. The van der Waals surface area contributed by atoms with E-state index in [4.69, 9.17) is 0 Å². The molecule has 1 saturated heterocycles. The van der Waals surface area contributed by atoms with Gasteiger partial charge in [-0.25, -0.2) is 4.39 Å². The number of hydrogen-bond donors (Lipinski definition) is 1. The molecule has 2 aromatic carbocycles. The highest BCUT2D eigenvalue weighted by Gasteiger charge is 2.28. The van der Waals surface area contributed by atoms with Crippen molar-refractivity contribution >= 4 is 17.5 Å². The third-order valence-electron chi connectivity index (χ3n) is 5.70. The molecule has 0 radical (unpaired) electrons. The maximum absolute atomic E-state index is 13.3. The van der Waals surface area contributed by atoms with Gasteiger partial charge in [0.2, 0.25) is 11.8 Å². The van der Waals surface area contributed by atoms with Crippen LogP contribution in [0.15, 0.2) is 54.6 Å². The molecule has 0 aromatic heterocycles. The molecule has 2 amide bonds. The maximum atomic E-state index is 13.3. The van der Waals surface area contributed by atoms with E-state index < -0.39 is 0 Å². The Bertz CT molecular complexity index is 869. The Balaban J connectivity index is 1.46. The zero-order chi connectivity index (χ0) is 22.2. The van der Waals surface area contributed by atoms with E-state index in [1.807, 2.05) is 49.1 Å². The minimum atomic E-state index is -0.376. The maximum Gasteiger partial charge on any atom is 0.239 e. The van der Waals surface area contributed by atoms with Gasteiger partial charge in [0.05, 0.1) is 12.6 Å². The molecular weight excluding hydrogens is 395 g/mol. The van der Waals surface area contributed by atoms with Crippen LogP contribution in [0.25, 0.3) is 0 Å². The molecule has 0 saturated carbocycles. The Kier molecular flexibility index (Phi) is 8.14. The Hall–Kier alpha value is -2.77. The van der Waals surface area contributed by atoms with Crippen molar-refractivity contribution in [3.63, 3.8) is 0 Å². The summed E-state index contributed by atoms with van der Waals surface area (Å²) in [5, 5.41) is 2.73. The highest BCUT2D eigenvalue weighted by molar-refractivity contribution is 5.92. The summed E-state index contributed by atoms with van der Waals surface area (Å²) < 4.78 is 13.3. The van der Waals surface area contributed by atoms with Crippen LogP contribution in [-0.2, 0) is 16.1 Å². The lowest BCUT2D eigenvalue weighted by Gasteiger charge is -2.38. The number of nitrogens with zero attached hydrogens (tertiary/aromatic N) is 3. The number of benzene rings is 2. The van der Waals surface area contributed by atoms with E-state index in [9.17, 15) is 14.0 Å². The number of nitrogens with one attached hydrogen (secondary N) is 1. The number of halogens is 1. The van der Waals surface area contributed by atoms with Crippen molar-refractivity contribution in [2.45, 2.75) is 26.4 Å². The van der Waals surface area contributed by atoms with Crippen molar-refractivity contribution in [3.05, 3.63) is 66.0 Å². The lowest BCUT2D eigenvalue weighted by Crippen LogP contribution is -2.55. The lowest BCUT2D eigenvalue weighted by atomic mass is 10.1. The number of anilines is 1. The van der Waals surface area contributed by atoms with Crippen molar-refractivity contribution in [2.24, 2.45) is 0 Å². The molecule has 166 valence electrons. The monoisotopic (exact) mass is 426 g/mol. The minimum Gasteiger partial charge on any atom is -0.337 e. The quantitative estimate of drug-likeness (QED) is 0.705. The van der Waals surface area contributed by atoms with Gasteiger partial charge >= 0.3 is 0 Å². The molecule has 7 heteroatoms. The molecule has 31 heavy (non-hydrogen) atoms. The summed E-state index contributed by atoms with van der Waals surface area (Å²) in [6.07, 6.45) is 0. The second-order valence-corrected chi connectivity index (χ2v) is 7.88. The van der Waals surface area contributed by atoms with E-state index in [0.717, 1.165) is 18.7 Å². The molecule has 3 rings (SSSR count). The second kappa shape index (κ2) is 11.0. The molecule has 0 spiro atoms. The van der Waals surface area contributed by atoms with Gasteiger partial charge in [-0.2, -0.15) is 0 Å². The first kappa shape index (κ1) is 22.9. The SMILES string of the molecule is CCN(Cc1ccccc1)C(=O)[C@H](C)N1CCN(CC(=O)Nc2cccc(F)c2)CC1. The first-order chi connectivity index (χ1) is 15.0. The van der Waals surface area contributed by atoms with E-state index in [1.54, 1.807) is 12.1 Å². The average molecular weight is 427 g/mol. The van der Waals surface area contributed by atoms with Crippen molar-refractivity contribution in [3.8, 4) is 0 Å². The van der Waals surface area contributed by atoms with Crippen LogP contribution in [0.5, 0.6) is 0 Å². The Labute approximate surface area is 183 Å². The summed E-state index contributed by atoms with van der Waals surface area (Å²) in [6.45, 7) is 8.36. The van der Waals surface area contributed by atoms with Gasteiger partial charge in [0.15, 0.2) is 0 Å². The normalized spacial score (nSPS) is 16.0. The smallest absolute Gasteiger partial charge is 0.239 e. The molecule has 2 aromatic rings. The van der Waals surface area contributed by atoms with E-state index in [-0.39, 0.29) is 30.2 Å². The summed E-state index contributed by atoms with van der Waals surface area (Å²) in [5.74, 6) is -0.412. The third kappa shape index (κ3) is 6.60. The van der Waals surface area contributed by atoms with Gasteiger partial charge in [0, 0.05) is 45.0 Å². The second-order valence-electron chi connectivity index (χ2n) is 7.88. The van der Waals surface area contributed by atoms with Crippen LogP contribution in [0.1, 0.15) is 19.4 Å². The standard InChI is InChI=1S/C24H31FN4O2/c1-3-28(17-20-8-5-4-6-9-20)24(31)19(2)29-14-12-27(13-15-29)18-23(30)26-22-11-7-10-21(25)16-22/h4-11,16,19H,3,12-15,17-18H2,1-2H3,(H,26,30)/t19-/m0/s1. The summed E-state index contributed by atoms with van der Waals surface area (Å²) in [7, 11) is 0. The van der Waals surface area contributed by atoms with Crippen molar-refractivity contribution in [2.75, 3.05) is 44.6 Å². The lowest BCUT2D eigenvalue weighted by molar-refractivity contribution is -0.137. The number of piperazine rings is 1. The fourth-order valence-corrected chi connectivity index (χ4v) is 3.85. The molecule has 1 N–H and O–H groups in total. The Morgan fingerprint density at radius 3 is 2.42 bits per heavy atom. The van der Waals surface area contributed by atoms with Crippen molar-refractivity contribution < 1.29 is 14.0 Å². The number of rotatable bonds is 8. The molecule has 0 aliphatic carbocycles. The summed E-state index contributed by atoms with van der Waals surface area (Å²) in [5.41, 5.74) is 1.58. The van der Waals surface area contributed by atoms with Crippen LogP contribution in [0.3, 0.4) is 0 Å². The number of amides is 2. The fraction of sp³-hybridized carbons (Fsp3) is 0.417. The fourth-order valence-electron chi connectivity index (χ4n) is 3.85. The largest absolute Gasteiger partial charge is 0.337 e. The highest BCUT2D eigenvalue weighted by Crippen LogP contribution is 2.13. The molecule has 0 unspecified atom stereocenters. The molecule has 1 fully saturated rings. The molecule has 1 heterocycles. The number of likely N-dealkylation sites (N-methyl/N-ethyl adjacent to an activating group) is 1. The minimum absolute atomic E-state index is 0.128. The van der Waals surface area contributed by atoms with E-state index >= 15 is 0 Å². The third-order valence-corrected chi connectivity index (χ3v) is 5.70. The molecule has 1 aliphatic rings. The molecule has 1 aliphatic heterocycles. The van der Waals surface area contributed by atoms with Crippen LogP contribution >= 0.6 is 0 Å². The van der Waals surface area contributed by atoms with Crippen molar-refractivity contribution in [1.82, 2.24) is 14.7 Å². The van der Waals surface area contributed by atoms with Crippen LogP contribution in [0.2, 0.25) is 0 Å². The first-order valence-corrected chi connectivity index (χ1v) is 10.8. The van der Waals surface area contributed by atoms with E-state index in [2.05, 4.69) is 15.1 Å². The Morgan fingerprint density at radius 1 is 1.06 bits per heavy atom. The molecule has 0 bridgehead atoms. The van der Waals surface area contributed by atoms with Gasteiger partial charge in [-0.3, -0.25) is 19.4 Å². The van der Waals surface area contributed by atoms with Gasteiger partial charge in [-0.05, 0) is 37.6 Å². The van der Waals surface area contributed by atoms with Gasteiger partial charge in [-0.15, -0.1) is 0 Å². The van der Waals surface area contributed by atoms with E-state index in [0.29, 0.717) is 31.9 Å².